The van der Waals surface area contributed by atoms with E-state index >= 15 is 0 Å². The molecule has 0 saturated heterocycles. The summed E-state index contributed by atoms with van der Waals surface area (Å²) in [4.78, 5) is 6.52. The van der Waals surface area contributed by atoms with Crippen molar-refractivity contribution in [1.82, 2.24) is 4.90 Å². The highest BCUT2D eigenvalue weighted by molar-refractivity contribution is 14.0. The number of hydrogen-bond donors (Lipinski definition) is 1. The number of nitrogens with zero attached hydrogens (tertiary/aromatic N) is 2. The van der Waals surface area contributed by atoms with E-state index in [-0.39, 0.29) is 24.0 Å². The number of aliphatic imine (C=N–C) groups is 1. The lowest BCUT2D eigenvalue weighted by Gasteiger charge is -2.19. The molecule has 0 saturated carbocycles. The predicted molar refractivity (Wildman–Crippen MR) is 111 cm³/mol. The summed E-state index contributed by atoms with van der Waals surface area (Å²) in [6.07, 6.45) is 0. The molecule has 0 spiro atoms. The average molecular weight is 439 g/mol. The molecule has 2 N–H and O–H groups in total. The largest absolute Gasteiger partial charge is 0.489 e. The van der Waals surface area contributed by atoms with Crippen LogP contribution in [0.1, 0.15) is 25.0 Å². The summed E-state index contributed by atoms with van der Waals surface area (Å²) < 4.78 is 5.78. The summed E-state index contributed by atoms with van der Waals surface area (Å²) in [5.74, 6) is 1.47. The first-order valence-electron chi connectivity index (χ1n) is 8.03. The van der Waals surface area contributed by atoms with Crippen molar-refractivity contribution in [3.8, 4) is 5.75 Å². The zero-order valence-corrected chi connectivity index (χ0v) is 16.6. The fraction of sp³-hybridized carbons (Fsp3) is 0.316. The molecule has 2 aromatic rings. The fourth-order valence-electron chi connectivity index (χ4n) is 2.32. The fourth-order valence-corrected chi connectivity index (χ4v) is 2.32. The third-order valence-corrected chi connectivity index (χ3v) is 3.65. The van der Waals surface area contributed by atoms with Gasteiger partial charge in [0.05, 0.1) is 6.54 Å². The van der Waals surface area contributed by atoms with Gasteiger partial charge in [-0.2, -0.15) is 0 Å². The van der Waals surface area contributed by atoms with Gasteiger partial charge < -0.3 is 15.4 Å². The van der Waals surface area contributed by atoms with Crippen LogP contribution in [0, 0.1) is 0 Å². The third-order valence-electron chi connectivity index (χ3n) is 3.65. The lowest BCUT2D eigenvalue weighted by molar-refractivity contribution is 0.306. The van der Waals surface area contributed by atoms with Crippen LogP contribution in [0.4, 0.5) is 0 Å². The molecule has 4 nitrogen and oxygen atoms in total. The van der Waals surface area contributed by atoms with E-state index in [0.717, 1.165) is 30.0 Å². The Hall–Kier alpha value is -1.76. The minimum absolute atomic E-state index is 0. The van der Waals surface area contributed by atoms with E-state index in [0.29, 0.717) is 19.1 Å². The number of ether oxygens (including phenoxy) is 1. The molecule has 0 aliphatic carbocycles. The molecule has 0 aromatic heterocycles. The number of para-hydroxylation sites is 1. The molecule has 0 bridgehead atoms. The van der Waals surface area contributed by atoms with E-state index < -0.39 is 0 Å². The standard InChI is InChI=1S/C19H25N3O.HI/c1-3-22(4-2)19(20)21-14-16-9-8-10-17(13-16)15-23-18-11-6-5-7-12-18;/h5-13H,3-4,14-15H2,1-2H3,(H2,20,21);1H. The Morgan fingerprint density at radius 2 is 1.67 bits per heavy atom. The smallest absolute Gasteiger partial charge is 0.191 e. The minimum atomic E-state index is 0. The number of guanidine groups is 1. The Kier molecular flexibility index (Phi) is 9.22. The van der Waals surface area contributed by atoms with Crippen LogP contribution in [0.15, 0.2) is 59.6 Å². The maximum Gasteiger partial charge on any atom is 0.191 e. The third kappa shape index (κ3) is 6.39. The molecule has 0 aliphatic rings. The molecular formula is C19H26IN3O. The zero-order chi connectivity index (χ0) is 16.5. The van der Waals surface area contributed by atoms with Crippen LogP contribution >= 0.6 is 24.0 Å². The lowest BCUT2D eigenvalue weighted by Crippen LogP contribution is -2.37. The summed E-state index contributed by atoms with van der Waals surface area (Å²) in [5.41, 5.74) is 8.27. The van der Waals surface area contributed by atoms with Gasteiger partial charge in [0.25, 0.3) is 0 Å². The molecule has 0 unspecified atom stereocenters. The van der Waals surface area contributed by atoms with Gasteiger partial charge in [0, 0.05) is 13.1 Å². The molecule has 2 aromatic carbocycles. The number of hydrogen-bond acceptors (Lipinski definition) is 2. The summed E-state index contributed by atoms with van der Waals surface area (Å²) >= 11 is 0. The summed E-state index contributed by atoms with van der Waals surface area (Å²) in [5, 5.41) is 0. The Morgan fingerprint density at radius 3 is 2.33 bits per heavy atom. The van der Waals surface area contributed by atoms with Gasteiger partial charge in [0.2, 0.25) is 0 Å². The number of halogens is 1. The van der Waals surface area contributed by atoms with Gasteiger partial charge in [-0.05, 0) is 37.1 Å². The van der Waals surface area contributed by atoms with Crippen molar-refractivity contribution in [3.05, 3.63) is 65.7 Å². The van der Waals surface area contributed by atoms with E-state index in [9.17, 15) is 0 Å². The molecule has 0 aliphatic heterocycles. The topological polar surface area (TPSA) is 50.8 Å². The van der Waals surface area contributed by atoms with Crippen molar-refractivity contribution in [2.24, 2.45) is 10.7 Å². The molecule has 24 heavy (non-hydrogen) atoms. The maximum absolute atomic E-state index is 6.01. The summed E-state index contributed by atoms with van der Waals surface area (Å²) in [7, 11) is 0. The average Bonchev–Trinajstić information content (AvgIpc) is 2.60. The number of nitrogens with two attached hydrogens (primary N) is 1. The van der Waals surface area contributed by atoms with Gasteiger partial charge in [-0.25, -0.2) is 4.99 Å². The second-order valence-corrected chi connectivity index (χ2v) is 5.27. The molecular weight excluding hydrogens is 413 g/mol. The van der Waals surface area contributed by atoms with Crippen LogP contribution in [0.5, 0.6) is 5.75 Å². The van der Waals surface area contributed by atoms with Crippen molar-refractivity contribution in [3.63, 3.8) is 0 Å². The zero-order valence-electron chi connectivity index (χ0n) is 14.3. The van der Waals surface area contributed by atoms with Crippen molar-refractivity contribution >= 4 is 29.9 Å². The number of rotatable bonds is 7. The molecule has 0 radical (unpaired) electrons. The van der Waals surface area contributed by atoms with Gasteiger partial charge in [0.1, 0.15) is 12.4 Å². The first-order valence-corrected chi connectivity index (χ1v) is 8.03. The minimum Gasteiger partial charge on any atom is -0.489 e. The summed E-state index contributed by atoms with van der Waals surface area (Å²) in [6, 6.07) is 18.1. The van der Waals surface area contributed by atoms with Crippen molar-refractivity contribution < 1.29 is 4.74 Å². The van der Waals surface area contributed by atoms with E-state index in [4.69, 9.17) is 10.5 Å². The van der Waals surface area contributed by atoms with E-state index in [1.165, 1.54) is 0 Å². The monoisotopic (exact) mass is 439 g/mol. The normalized spacial score (nSPS) is 10.8. The Balaban J connectivity index is 0.00000288. The Morgan fingerprint density at radius 1 is 1.00 bits per heavy atom. The highest BCUT2D eigenvalue weighted by Gasteiger charge is 2.02. The van der Waals surface area contributed by atoms with Crippen LogP contribution in [-0.4, -0.2) is 23.9 Å². The SMILES string of the molecule is CCN(CC)C(N)=NCc1cccc(COc2ccccc2)c1.I. The molecule has 130 valence electrons. The maximum atomic E-state index is 6.01. The van der Waals surface area contributed by atoms with Gasteiger partial charge >= 0.3 is 0 Å². The van der Waals surface area contributed by atoms with Crippen molar-refractivity contribution in [2.75, 3.05) is 13.1 Å². The van der Waals surface area contributed by atoms with Gasteiger partial charge in [-0.1, -0.05) is 42.5 Å². The van der Waals surface area contributed by atoms with Crippen LogP contribution in [0.3, 0.4) is 0 Å². The van der Waals surface area contributed by atoms with E-state index in [1.54, 1.807) is 0 Å². The van der Waals surface area contributed by atoms with Crippen molar-refractivity contribution in [1.29, 1.82) is 0 Å². The highest BCUT2D eigenvalue weighted by Crippen LogP contribution is 2.13. The van der Waals surface area contributed by atoms with E-state index in [1.807, 2.05) is 41.3 Å². The summed E-state index contributed by atoms with van der Waals surface area (Å²) in [6.45, 7) is 7.03. The lowest BCUT2D eigenvalue weighted by atomic mass is 10.1. The first kappa shape index (κ1) is 20.3. The van der Waals surface area contributed by atoms with Crippen LogP contribution < -0.4 is 10.5 Å². The highest BCUT2D eigenvalue weighted by atomic mass is 127. The van der Waals surface area contributed by atoms with Crippen molar-refractivity contribution in [2.45, 2.75) is 27.0 Å². The predicted octanol–water partition coefficient (Wildman–Crippen LogP) is 4.04. The van der Waals surface area contributed by atoms with E-state index in [2.05, 4.69) is 37.0 Å². The molecule has 0 atom stereocenters. The molecule has 5 heteroatoms. The first-order chi connectivity index (χ1) is 11.2. The van der Waals surface area contributed by atoms with Crippen LogP contribution in [-0.2, 0) is 13.2 Å². The molecule has 2 rings (SSSR count). The Bertz CT molecular complexity index is 628. The van der Waals surface area contributed by atoms with Gasteiger partial charge in [0.15, 0.2) is 5.96 Å². The quantitative estimate of drug-likeness (QED) is 0.403. The Labute approximate surface area is 161 Å². The van der Waals surface area contributed by atoms with Crippen LogP contribution in [0.25, 0.3) is 0 Å². The second kappa shape index (κ2) is 10.9. The number of benzene rings is 2. The molecule has 0 amide bonds. The second-order valence-electron chi connectivity index (χ2n) is 5.27. The van der Waals surface area contributed by atoms with Crippen LogP contribution in [0.2, 0.25) is 0 Å². The van der Waals surface area contributed by atoms with Gasteiger partial charge in [-0.15, -0.1) is 24.0 Å². The molecule has 0 heterocycles. The molecule has 0 fully saturated rings. The van der Waals surface area contributed by atoms with Gasteiger partial charge in [-0.3, -0.25) is 0 Å².